The van der Waals surface area contributed by atoms with Gasteiger partial charge in [0.25, 0.3) is 0 Å². The van der Waals surface area contributed by atoms with Crippen molar-refractivity contribution in [2.75, 3.05) is 24.5 Å². The maximum absolute atomic E-state index is 14.3. The number of ether oxygens (including phenoxy) is 1. The Bertz CT molecular complexity index is 1370. The average molecular weight is 571 g/mol. The Morgan fingerprint density at radius 3 is 2.17 bits per heavy atom. The second-order valence-electron chi connectivity index (χ2n) is 10.9. The van der Waals surface area contributed by atoms with Crippen molar-refractivity contribution in [3.8, 4) is 11.3 Å². The first-order valence-electron chi connectivity index (χ1n) is 14.0. The van der Waals surface area contributed by atoms with Crippen LogP contribution < -0.4 is 4.90 Å². The lowest BCUT2D eigenvalue weighted by atomic mass is 9.91. The fraction of sp³-hybridized carbons (Fsp3) is 0.433. The highest BCUT2D eigenvalue weighted by atomic mass is 19.2. The first kappa shape index (κ1) is 28.7. The fourth-order valence-electron chi connectivity index (χ4n) is 5.66. The number of aromatic amines is 1. The first-order chi connectivity index (χ1) is 19.7. The second kappa shape index (κ2) is 12.3. The summed E-state index contributed by atoms with van der Waals surface area (Å²) >= 11 is 0. The van der Waals surface area contributed by atoms with E-state index in [4.69, 9.17) is 9.84 Å². The van der Waals surface area contributed by atoms with Crippen molar-refractivity contribution in [3.05, 3.63) is 71.2 Å². The number of hydrogen-bond acceptors (Lipinski definition) is 5. The molecule has 3 aromatic rings. The molecule has 2 N–H and O–H groups in total. The highest BCUT2D eigenvalue weighted by Gasteiger charge is 2.47. The smallest absolute Gasteiger partial charge is 0.415 e. The quantitative estimate of drug-likeness (QED) is 0.339. The maximum atomic E-state index is 14.3. The van der Waals surface area contributed by atoms with Crippen LogP contribution in [-0.2, 0) is 11.3 Å². The predicted molar refractivity (Wildman–Crippen MR) is 146 cm³/mol. The number of aromatic carboxylic acids is 1. The van der Waals surface area contributed by atoms with Gasteiger partial charge in [-0.3, -0.25) is 14.9 Å². The second-order valence-corrected chi connectivity index (χ2v) is 10.9. The van der Waals surface area contributed by atoms with Gasteiger partial charge in [0.1, 0.15) is 11.4 Å². The van der Waals surface area contributed by atoms with Gasteiger partial charge in [0.05, 0.1) is 24.0 Å². The lowest BCUT2D eigenvalue weighted by Crippen LogP contribution is -2.46. The van der Waals surface area contributed by atoms with Gasteiger partial charge < -0.3 is 9.84 Å². The minimum Gasteiger partial charge on any atom is -0.478 e. The normalized spacial score (nSPS) is 18.6. The average Bonchev–Trinajstić information content (AvgIpc) is 3.57. The van der Waals surface area contributed by atoms with Crippen LogP contribution in [0.15, 0.2) is 42.6 Å². The van der Waals surface area contributed by atoms with Crippen LogP contribution in [0.5, 0.6) is 0 Å². The van der Waals surface area contributed by atoms with Crippen LogP contribution in [0.3, 0.4) is 0 Å². The van der Waals surface area contributed by atoms with Crippen LogP contribution >= 0.6 is 0 Å². The summed E-state index contributed by atoms with van der Waals surface area (Å²) in [5.41, 5.74) is 0.852. The summed E-state index contributed by atoms with van der Waals surface area (Å²) in [6, 6.07) is 7.36. The molecule has 2 aliphatic heterocycles. The molecule has 8 nitrogen and oxygen atoms in total. The molecule has 2 aromatic carbocycles. The number of hydrogen-bond donors (Lipinski definition) is 2. The molecular weight excluding hydrogens is 537 g/mol. The summed E-state index contributed by atoms with van der Waals surface area (Å²) in [6.45, 7) is 1.92. The monoisotopic (exact) mass is 570 g/mol. The van der Waals surface area contributed by atoms with Crippen LogP contribution in [0.25, 0.3) is 11.3 Å². The lowest BCUT2D eigenvalue weighted by Gasteiger charge is -2.37. The van der Waals surface area contributed by atoms with Gasteiger partial charge in [-0.2, -0.15) is 5.10 Å². The number of carboxylic acid groups (broad SMARTS) is 1. The van der Waals surface area contributed by atoms with E-state index in [1.54, 1.807) is 12.1 Å². The molecule has 0 unspecified atom stereocenters. The zero-order valence-corrected chi connectivity index (χ0v) is 22.7. The minimum absolute atomic E-state index is 0.0980. The largest absolute Gasteiger partial charge is 0.478 e. The highest BCUT2D eigenvalue weighted by Crippen LogP contribution is 2.37. The number of likely N-dealkylation sites (tertiary alicyclic amines) is 1. The van der Waals surface area contributed by atoms with E-state index in [-0.39, 0.29) is 16.8 Å². The van der Waals surface area contributed by atoms with Gasteiger partial charge in [-0.05, 0) is 30.3 Å². The van der Waals surface area contributed by atoms with E-state index < -0.39 is 35.1 Å². The van der Waals surface area contributed by atoms with Crippen molar-refractivity contribution >= 4 is 17.7 Å². The molecule has 6 rings (SSSR count). The molecule has 0 atom stereocenters. The molecule has 1 amide bonds. The standard InChI is InChI=1S/C24H21F3N4O4.C6H12/c25-18-10-20(27)19(26)9-17(18)21-15(11-28-29-21)12-30-7-5-24(6-8-30)13-31(23(34)35-24)16-3-1-14(2-4-16)22(32)33;1-2-4-6-5-3-1/h1-4,9-11H,5-8,12-13H2,(H,28,29)(H,32,33);1-6H2. The van der Waals surface area contributed by atoms with Gasteiger partial charge in [0, 0.05) is 55.4 Å². The van der Waals surface area contributed by atoms with Crippen molar-refractivity contribution in [2.24, 2.45) is 0 Å². The fourth-order valence-corrected chi connectivity index (χ4v) is 5.66. The van der Waals surface area contributed by atoms with Gasteiger partial charge in [0.2, 0.25) is 0 Å². The van der Waals surface area contributed by atoms with E-state index in [2.05, 4.69) is 15.1 Å². The third kappa shape index (κ3) is 6.56. The van der Waals surface area contributed by atoms with Gasteiger partial charge in [-0.1, -0.05) is 38.5 Å². The van der Waals surface area contributed by atoms with Gasteiger partial charge in [-0.15, -0.1) is 0 Å². The molecular formula is C30H33F3N4O4. The maximum Gasteiger partial charge on any atom is 0.415 e. The van der Waals surface area contributed by atoms with Crippen molar-refractivity contribution in [2.45, 2.75) is 63.5 Å². The minimum atomic E-state index is -1.26. The zero-order chi connectivity index (χ0) is 29.0. The summed E-state index contributed by atoms with van der Waals surface area (Å²) in [4.78, 5) is 27.2. The Balaban J connectivity index is 0.000000500. The number of carbonyl (C=O) groups is 2. The van der Waals surface area contributed by atoms with Gasteiger partial charge >= 0.3 is 12.1 Å². The summed E-state index contributed by atoms with van der Waals surface area (Å²) in [7, 11) is 0. The molecule has 0 radical (unpaired) electrons. The summed E-state index contributed by atoms with van der Waals surface area (Å²) < 4.78 is 47.0. The number of carbonyl (C=O) groups excluding carboxylic acids is 1. The molecule has 1 aromatic heterocycles. The summed E-state index contributed by atoms with van der Waals surface area (Å²) in [5, 5.41) is 15.7. The van der Waals surface area contributed by atoms with E-state index in [1.165, 1.54) is 61.8 Å². The van der Waals surface area contributed by atoms with Crippen LogP contribution in [0, 0.1) is 17.5 Å². The number of benzene rings is 2. The lowest BCUT2D eigenvalue weighted by molar-refractivity contribution is -0.000941. The molecule has 1 aliphatic carbocycles. The first-order valence-corrected chi connectivity index (χ1v) is 14.0. The zero-order valence-electron chi connectivity index (χ0n) is 22.7. The number of nitrogens with one attached hydrogen (secondary N) is 1. The van der Waals surface area contributed by atoms with E-state index in [9.17, 15) is 22.8 Å². The van der Waals surface area contributed by atoms with E-state index in [0.29, 0.717) is 56.3 Å². The predicted octanol–water partition coefficient (Wildman–Crippen LogP) is 6.52. The SMILES string of the molecule is C1CCCCC1.O=C(O)c1ccc(N2CC3(CCN(Cc4cn[nH]c4-c4cc(F)c(F)cc4F)CC3)OC2=O)cc1. The number of aromatic nitrogens is 2. The molecule has 0 bridgehead atoms. The van der Waals surface area contributed by atoms with Gasteiger partial charge in [0.15, 0.2) is 11.6 Å². The number of rotatable bonds is 5. The number of H-pyrrole nitrogens is 1. The number of halogens is 3. The van der Waals surface area contributed by atoms with E-state index >= 15 is 0 Å². The summed E-state index contributed by atoms with van der Waals surface area (Å²) in [6.07, 6.45) is 11.2. The molecule has 11 heteroatoms. The molecule has 3 aliphatic rings. The third-order valence-electron chi connectivity index (χ3n) is 8.05. The van der Waals surface area contributed by atoms with Crippen molar-refractivity contribution in [1.29, 1.82) is 0 Å². The molecule has 1 spiro atoms. The van der Waals surface area contributed by atoms with Crippen LogP contribution in [0.2, 0.25) is 0 Å². The molecule has 3 fully saturated rings. The molecule has 3 heterocycles. The highest BCUT2D eigenvalue weighted by molar-refractivity contribution is 5.92. The van der Waals surface area contributed by atoms with Crippen molar-refractivity contribution in [3.63, 3.8) is 0 Å². The number of nitrogens with zero attached hydrogens (tertiary/aromatic N) is 3. The van der Waals surface area contributed by atoms with Crippen LogP contribution in [0.4, 0.5) is 23.7 Å². The Labute approximate surface area is 236 Å². The van der Waals surface area contributed by atoms with E-state index in [0.717, 1.165) is 6.07 Å². The molecule has 41 heavy (non-hydrogen) atoms. The molecule has 2 saturated heterocycles. The Kier molecular flexibility index (Phi) is 8.63. The topological polar surface area (TPSA) is 98.8 Å². The molecule has 218 valence electrons. The van der Waals surface area contributed by atoms with E-state index in [1.807, 2.05) is 0 Å². The number of carboxylic acids is 1. The van der Waals surface area contributed by atoms with Gasteiger partial charge in [-0.25, -0.2) is 22.8 Å². The molecule has 1 saturated carbocycles. The van der Waals surface area contributed by atoms with Crippen molar-refractivity contribution in [1.82, 2.24) is 15.1 Å². The Hall–Kier alpha value is -3.86. The summed E-state index contributed by atoms with van der Waals surface area (Å²) in [5.74, 6) is -4.34. The van der Waals surface area contributed by atoms with Crippen molar-refractivity contribution < 1.29 is 32.6 Å². The van der Waals surface area contributed by atoms with Crippen LogP contribution in [-0.4, -0.2) is 57.5 Å². The Morgan fingerprint density at radius 1 is 0.951 bits per heavy atom. The Morgan fingerprint density at radius 2 is 1.56 bits per heavy atom. The third-order valence-corrected chi connectivity index (χ3v) is 8.05. The number of amides is 1. The van der Waals surface area contributed by atoms with Crippen LogP contribution in [0.1, 0.15) is 67.3 Å². The number of piperidine rings is 1. The number of anilines is 1.